The van der Waals surface area contributed by atoms with Gasteiger partial charge in [-0.15, -0.1) is 6.58 Å². The molecule has 3 nitrogen and oxygen atoms in total. The van der Waals surface area contributed by atoms with E-state index in [9.17, 15) is 8.42 Å². The summed E-state index contributed by atoms with van der Waals surface area (Å²) in [6, 6.07) is 8.72. The topological polar surface area (TPSA) is 46.7 Å². The molecule has 3 rings (SSSR count). The second kappa shape index (κ2) is 6.17. The first-order valence-electron chi connectivity index (χ1n) is 8.20. The van der Waals surface area contributed by atoms with Gasteiger partial charge in [0.05, 0.1) is 4.90 Å². The number of benzene rings is 1. The molecule has 0 amide bonds. The molecule has 1 aromatic rings. The van der Waals surface area contributed by atoms with E-state index in [1.54, 1.807) is 30.3 Å². The van der Waals surface area contributed by atoms with Crippen molar-refractivity contribution in [2.45, 2.75) is 60.9 Å². The van der Waals surface area contributed by atoms with Crippen LogP contribution in [0.4, 0.5) is 0 Å². The number of hydrogen-bond acceptors (Lipinski definition) is 3. The van der Waals surface area contributed by atoms with Crippen molar-refractivity contribution < 1.29 is 13.2 Å². The molecule has 0 radical (unpaired) electrons. The van der Waals surface area contributed by atoms with Gasteiger partial charge in [-0.25, -0.2) is 8.42 Å². The minimum atomic E-state index is -3.47. The highest BCUT2D eigenvalue weighted by molar-refractivity contribution is 7.93. The maximum absolute atomic E-state index is 13.1. The van der Waals surface area contributed by atoms with Gasteiger partial charge in [0, 0.05) is 0 Å². The average molecular weight is 320 g/mol. The molecule has 120 valence electrons. The molecule has 1 aromatic carbocycles. The normalized spacial score (nSPS) is 29.2. The van der Waals surface area contributed by atoms with Crippen LogP contribution in [0.1, 0.15) is 44.9 Å². The Labute approximate surface area is 133 Å². The molecule has 22 heavy (non-hydrogen) atoms. The molecule has 4 heteroatoms. The van der Waals surface area contributed by atoms with E-state index in [1.807, 2.05) is 6.07 Å². The Morgan fingerprint density at radius 1 is 1.18 bits per heavy atom. The summed E-state index contributed by atoms with van der Waals surface area (Å²) in [6.45, 7) is 3.73. The Morgan fingerprint density at radius 2 is 1.86 bits per heavy atom. The first-order chi connectivity index (χ1) is 10.6. The largest absolute Gasteiger partial charge is 0.348 e. The number of rotatable bonds is 6. The van der Waals surface area contributed by atoms with Crippen molar-refractivity contribution >= 4 is 9.84 Å². The summed E-state index contributed by atoms with van der Waals surface area (Å²) in [5, 5.41) is 0. The van der Waals surface area contributed by atoms with E-state index in [-0.39, 0.29) is 6.10 Å². The Balaban J connectivity index is 1.89. The van der Waals surface area contributed by atoms with Crippen LogP contribution in [0, 0.1) is 5.92 Å². The first-order valence-corrected chi connectivity index (χ1v) is 9.68. The van der Waals surface area contributed by atoms with Crippen LogP contribution in [0.5, 0.6) is 0 Å². The van der Waals surface area contributed by atoms with Crippen LogP contribution < -0.4 is 0 Å². The Kier molecular flexibility index (Phi) is 4.42. The van der Waals surface area contributed by atoms with E-state index in [0.717, 1.165) is 12.8 Å². The third kappa shape index (κ3) is 2.63. The number of epoxide rings is 1. The van der Waals surface area contributed by atoms with E-state index in [1.165, 1.54) is 19.3 Å². The monoisotopic (exact) mass is 320 g/mol. The maximum atomic E-state index is 13.1. The van der Waals surface area contributed by atoms with Crippen molar-refractivity contribution in [1.29, 1.82) is 0 Å². The molecule has 1 heterocycles. The van der Waals surface area contributed by atoms with Crippen molar-refractivity contribution in [2.75, 3.05) is 0 Å². The average Bonchev–Trinajstić information content (AvgIpc) is 3.31. The summed E-state index contributed by atoms with van der Waals surface area (Å²) in [6.07, 6.45) is 8.62. The fraction of sp³-hybridized carbons (Fsp3) is 0.556. The quantitative estimate of drug-likeness (QED) is 0.585. The van der Waals surface area contributed by atoms with Gasteiger partial charge in [0.1, 0.15) is 6.10 Å². The van der Waals surface area contributed by atoms with Gasteiger partial charge >= 0.3 is 0 Å². The Morgan fingerprint density at radius 3 is 2.50 bits per heavy atom. The number of ether oxygens (including phenoxy) is 1. The number of hydrogen-bond donors (Lipinski definition) is 0. The smallest absolute Gasteiger partial charge is 0.210 e. The maximum Gasteiger partial charge on any atom is 0.210 e. The first kappa shape index (κ1) is 15.8. The van der Waals surface area contributed by atoms with E-state index in [4.69, 9.17) is 4.74 Å². The van der Waals surface area contributed by atoms with Crippen molar-refractivity contribution in [3.63, 3.8) is 0 Å². The van der Waals surface area contributed by atoms with Gasteiger partial charge in [-0.1, -0.05) is 43.5 Å². The lowest BCUT2D eigenvalue weighted by molar-refractivity contribution is 0.258. The van der Waals surface area contributed by atoms with Gasteiger partial charge in [0.25, 0.3) is 0 Å². The fourth-order valence-corrected chi connectivity index (χ4v) is 5.76. The summed E-state index contributed by atoms with van der Waals surface area (Å²) < 4.78 is 32.2. The predicted octanol–water partition coefficient (Wildman–Crippen LogP) is 4.10. The van der Waals surface area contributed by atoms with Crippen LogP contribution in [0.15, 0.2) is 47.9 Å². The van der Waals surface area contributed by atoms with Crippen molar-refractivity contribution in [1.82, 2.24) is 0 Å². The van der Waals surface area contributed by atoms with E-state index >= 15 is 0 Å². The molecule has 2 unspecified atom stereocenters. The zero-order chi connectivity index (χ0) is 15.6. The van der Waals surface area contributed by atoms with Crippen molar-refractivity contribution in [3.8, 4) is 0 Å². The highest BCUT2D eigenvalue weighted by Gasteiger charge is 2.67. The summed E-state index contributed by atoms with van der Waals surface area (Å²) in [5.41, 5.74) is 0. The van der Waals surface area contributed by atoms with E-state index < -0.39 is 14.8 Å². The molecule has 1 aliphatic carbocycles. The Bertz CT molecular complexity index is 617. The highest BCUT2D eigenvalue weighted by atomic mass is 32.2. The van der Waals surface area contributed by atoms with Gasteiger partial charge in [0.15, 0.2) is 4.93 Å². The molecule has 1 saturated carbocycles. The van der Waals surface area contributed by atoms with E-state index in [0.29, 0.717) is 23.7 Å². The van der Waals surface area contributed by atoms with Gasteiger partial charge in [-0.3, -0.25) is 0 Å². The minimum Gasteiger partial charge on any atom is -0.348 e. The van der Waals surface area contributed by atoms with Gasteiger partial charge in [0.2, 0.25) is 9.84 Å². The number of sulfone groups is 1. The molecule has 2 atom stereocenters. The van der Waals surface area contributed by atoms with Crippen molar-refractivity contribution in [2.24, 2.45) is 5.92 Å². The molecule has 1 aliphatic heterocycles. The van der Waals surface area contributed by atoms with Crippen molar-refractivity contribution in [3.05, 3.63) is 43.0 Å². The summed E-state index contributed by atoms with van der Waals surface area (Å²) >= 11 is 0. The van der Waals surface area contributed by atoms with Crippen LogP contribution in [0.2, 0.25) is 0 Å². The molecule has 1 saturated heterocycles. The molecular formula is C18H24O3S. The Hall–Kier alpha value is -1.13. The summed E-state index contributed by atoms with van der Waals surface area (Å²) in [7, 11) is -3.47. The molecule has 0 bridgehead atoms. The molecule has 0 aromatic heterocycles. The molecule has 2 fully saturated rings. The number of allylic oxidation sites excluding steroid dienone is 1. The third-order valence-corrected chi connectivity index (χ3v) is 7.32. The zero-order valence-corrected chi connectivity index (χ0v) is 13.7. The lowest BCUT2D eigenvalue weighted by Gasteiger charge is -2.22. The lowest BCUT2D eigenvalue weighted by atomic mass is 9.85. The third-order valence-electron chi connectivity index (χ3n) is 4.99. The summed E-state index contributed by atoms with van der Waals surface area (Å²) in [4.78, 5) is -0.651. The van der Waals surface area contributed by atoms with Gasteiger partial charge in [-0.2, -0.15) is 0 Å². The minimum absolute atomic E-state index is 0.141. The molecule has 0 N–H and O–H groups in total. The second-order valence-electron chi connectivity index (χ2n) is 6.39. The highest BCUT2D eigenvalue weighted by Crippen LogP contribution is 2.54. The second-order valence-corrected chi connectivity index (χ2v) is 8.56. The SMILES string of the molecule is C=CCCC1(S(=O)(=O)c2ccccc2)OC1C1CCCCC1. The van der Waals surface area contributed by atoms with E-state index in [2.05, 4.69) is 6.58 Å². The predicted molar refractivity (Wildman–Crippen MR) is 87.2 cm³/mol. The van der Waals surface area contributed by atoms with Crippen LogP contribution in [-0.4, -0.2) is 19.5 Å². The lowest BCUT2D eigenvalue weighted by Crippen LogP contribution is -2.31. The molecular weight excluding hydrogens is 296 g/mol. The zero-order valence-electron chi connectivity index (χ0n) is 12.9. The molecule has 0 spiro atoms. The molecule has 2 aliphatic rings. The van der Waals surface area contributed by atoms with Crippen LogP contribution >= 0.6 is 0 Å². The van der Waals surface area contributed by atoms with Crippen LogP contribution in [0.25, 0.3) is 0 Å². The van der Waals surface area contributed by atoms with Gasteiger partial charge in [-0.05, 0) is 43.7 Å². The fourth-order valence-electron chi connectivity index (χ4n) is 3.73. The van der Waals surface area contributed by atoms with Crippen LogP contribution in [-0.2, 0) is 14.6 Å². The standard InChI is InChI=1S/C18H24O3S/c1-2-3-14-18(17(21-18)15-10-6-4-7-11-15)22(19,20)16-12-8-5-9-13-16/h2,5,8-9,12-13,15,17H,1,3-4,6-7,10-11,14H2. The van der Waals surface area contributed by atoms with Gasteiger partial charge < -0.3 is 4.74 Å². The van der Waals surface area contributed by atoms with Crippen LogP contribution in [0.3, 0.4) is 0 Å². The summed E-state index contributed by atoms with van der Waals surface area (Å²) in [5.74, 6) is 0.386.